The Morgan fingerprint density at radius 1 is 0.851 bits per heavy atom. The van der Waals surface area contributed by atoms with Crippen molar-refractivity contribution in [2.24, 2.45) is 0 Å². The zero-order valence-electron chi connectivity index (χ0n) is 25.7. The zero-order chi connectivity index (χ0) is 34.3. The maximum atomic E-state index is 13.4. The maximum absolute atomic E-state index is 13.4. The van der Waals surface area contributed by atoms with Crippen molar-refractivity contribution in [3.8, 4) is 39.9 Å². The lowest BCUT2D eigenvalue weighted by Crippen LogP contribution is -2.30. The number of carbonyl (C=O) groups is 5. The summed E-state index contributed by atoms with van der Waals surface area (Å²) in [6, 6.07) is 3.77. The fraction of sp³-hybridized carbons (Fsp3) is 0.303. The molecule has 14 heteroatoms. The number of aliphatic hydroxyl groups excluding tert-OH is 1. The number of benzene rings is 3. The van der Waals surface area contributed by atoms with Crippen molar-refractivity contribution in [2.45, 2.75) is 37.9 Å². The molecule has 0 amide bonds. The second-order valence-electron chi connectivity index (χ2n) is 10.9. The van der Waals surface area contributed by atoms with Crippen LogP contribution < -0.4 is 9.47 Å². The number of carbonyl (C=O) groups excluding carboxylic acids is 5. The number of hydrogen-bond acceptors (Lipinski definition) is 14. The first-order chi connectivity index (χ1) is 22.3. The Kier molecular flexibility index (Phi) is 8.81. The molecule has 0 aromatic heterocycles. The Hall–Kier alpha value is -5.63. The van der Waals surface area contributed by atoms with E-state index >= 15 is 0 Å². The first-order valence-electron chi connectivity index (χ1n) is 14.2. The van der Waals surface area contributed by atoms with Crippen LogP contribution in [0, 0.1) is 0 Å². The highest BCUT2D eigenvalue weighted by atomic mass is 16.6. The van der Waals surface area contributed by atoms with E-state index in [2.05, 4.69) is 4.74 Å². The minimum absolute atomic E-state index is 0.00932. The van der Waals surface area contributed by atoms with Gasteiger partial charge in [0.05, 0.1) is 58.3 Å². The van der Waals surface area contributed by atoms with Gasteiger partial charge in [0.1, 0.15) is 40.4 Å². The highest BCUT2D eigenvalue weighted by Crippen LogP contribution is 2.53. The van der Waals surface area contributed by atoms with Crippen LogP contribution in [0.1, 0.15) is 51.1 Å². The number of phenols is 3. The van der Waals surface area contributed by atoms with Gasteiger partial charge >= 0.3 is 17.9 Å². The van der Waals surface area contributed by atoms with E-state index < -0.39 is 71.8 Å². The summed E-state index contributed by atoms with van der Waals surface area (Å²) >= 11 is 0. The Labute approximate surface area is 266 Å². The molecule has 47 heavy (non-hydrogen) atoms. The van der Waals surface area contributed by atoms with Gasteiger partial charge in [-0.15, -0.1) is 0 Å². The zero-order valence-corrected chi connectivity index (χ0v) is 25.7. The number of aromatic hydroxyl groups is 3. The standard InChI is InChI=1S/C33H30O14/c1-43-21-11-19(35)26-17(7-13-6-16(10-24(38)46-4)47-33(42)25(13)31(26)40)28(21)29-18-8-14(5-15(34)9-23(37)45-3)30(39)32(41)27(18)20(36)12-22(29)44-2/h7-8,11-12,15-16,34-36,40H,5-6,9-10H2,1-4H3/t15?,16-/m0/s1. The second kappa shape index (κ2) is 12.6. The number of fused-ring (bicyclic) bond motifs is 3. The molecule has 3 aromatic carbocycles. The Morgan fingerprint density at radius 3 is 2.13 bits per heavy atom. The molecule has 14 nitrogen and oxygen atoms in total. The number of rotatable bonds is 9. The van der Waals surface area contributed by atoms with E-state index in [0.717, 1.165) is 19.2 Å². The smallest absolute Gasteiger partial charge is 0.342 e. The minimum Gasteiger partial charge on any atom is -0.507 e. The van der Waals surface area contributed by atoms with Crippen molar-refractivity contribution in [3.05, 3.63) is 46.0 Å². The van der Waals surface area contributed by atoms with E-state index in [1.54, 1.807) is 0 Å². The van der Waals surface area contributed by atoms with Crippen LogP contribution in [0.3, 0.4) is 0 Å². The average molecular weight is 651 g/mol. The van der Waals surface area contributed by atoms with Crippen molar-refractivity contribution in [3.63, 3.8) is 0 Å². The van der Waals surface area contributed by atoms with Crippen molar-refractivity contribution in [2.75, 3.05) is 28.4 Å². The summed E-state index contributed by atoms with van der Waals surface area (Å²) in [5, 5.41) is 43.7. The first-order valence-corrected chi connectivity index (χ1v) is 14.2. The number of methoxy groups -OCH3 is 4. The minimum atomic E-state index is -1.39. The average Bonchev–Trinajstić information content (AvgIpc) is 3.02. The SMILES string of the molecule is COC(=O)CC(O)CC1=Cc2c(c(O)cc(OC)c2-c2c(OC)cc(O)c3c(O)c4c(cc23)C[C@@H](CC(=O)OC)OC4=O)C(=O)C1=O. The van der Waals surface area contributed by atoms with Crippen LogP contribution in [-0.2, 0) is 35.0 Å². The second-order valence-corrected chi connectivity index (χ2v) is 10.9. The van der Waals surface area contributed by atoms with E-state index in [9.17, 15) is 44.4 Å². The quantitative estimate of drug-likeness (QED) is 0.149. The van der Waals surface area contributed by atoms with Gasteiger partial charge in [0.2, 0.25) is 11.6 Å². The lowest BCUT2D eigenvalue weighted by atomic mass is 9.80. The molecule has 4 N–H and O–H groups in total. The summed E-state index contributed by atoms with van der Waals surface area (Å²) in [7, 11) is 4.90. The molecule has 1 aliphatic heterocycles. The number of aliphatic hydroxyl groups is 1. The largest absolute Gasteiger partial charge is 0.507 e. The Bertz CT molecular complexity index is 1900. The van der Waals surface area contributed by atoms with Crippen LogP contribution in [0.25, 0.3) is 28.0 Å². The van der Waals surface area contributed by atoms with Gasteiger partial charge in [0.25, 0.3) is 0 Å². The molecule has 5 rings (SSSR count). The molecule has 1 heterocycles. The molecule has 3 aromatic rings. The summed E-state index contributed by atoms with van der Waals surface area (Å²) in [6.45, 7) is 0. The lowest BCUT2D eigenvalue weighted by molar-refractivity contribution is -0.143. The van der Waals surface area contributed by atoms with E-state index in [1.807, 2.05) is 0 Å². The van der Waals surface area contributed by atoms with E-state index in [4.69, 9.17) is 18.9 Å². The number of hydrogen-bond donors (Lipinski definition) is 4. The maximum Gasteiger partial charge on any atom is 0.342 e. The van der Waals surface area contributed by atoms with Crippen molar-refractivity contribution < 1.29 is 68.1 Å². The first kappa shape index (κ1) is 32.8. The monoisotopic (exact) mass is 650 g/mol. The van der Waals surface area contributed by atoms with Crippen LogP contribution in [0.15, 0.2) is 23.8 Å². The topological polar surface area (TPSA) is 212 Å². The molecule has 1 unspecified atom stereocenters. The third kappa shape index (κ3) is 5.67. The van der Waals surface area contributed by atoms with E-state index in [1.165, 1.54) is 33.5 Å². The van der Waals surface area contributed by atoms with Gasteiger partial charge in [0.15, 0.2) is 0 Å². The van der Waals surface area contributed by atoms with Crippen molar-refractivity contribution in [1.29, 1.82) is 0 Å². The van der Waals surface area contributed by atoms with Crippen molar-refractivity contribution >= 4 is 46.3 Å². The highest BCUT2D eigenvalue weighted by molar-refractivity contribution is 6.52. The summed E-state index contributed by atoms with van der Waals surface area (Å²) in [5.74, 6) is -6.11. The molecule has 0 spiro atoms. The van der Waals surface area contributed by atoms with Gasteiger partial charge in [0, 0.05) is 52.6 Å². The predicted octanol–water partition coefficient (Wildman–Crippen LogP) is 2.75. The third-order valence-electron chi connectivity index (χ3n) is 8.10. The van der Waals surface area contributed by atoms with Crippen molar-refractivity contribution in [1.82, 2.24) is 0 Å². The third-order valence-corrected chi connectivity index (χ3v) is 8.10. The molecule has 0 saturated carbocycles. The summed E-state index contributed by atoms with van der Waals surface area (Å²) in [6.07, 6.45) is -2.19. The number of phenolic OH excluding ortho intramolecular Hbond substituents is 3. The molecule has 0 saturated heterocycles. The number of ether oxygens (including phenoxy) is 5. The van der Waals surface area contributed by atoms with E-state index in [0.29, 0.717) is 0 Å². The van der Waals surface area contributed by atoms with Gasteiger partial charge in [-0.2, -0.15) is 0 Å². The van der Waals surface area contributed by atoms with Gasteiger partial charge in [-0.3, -0.25) is 19.2 Å². The molecule has 0 radical (unpaired) electrons. The summed E-state index contributed by atoms with van der Waals surface area (Å²) < 4.78 is 25.8. The van der Waals surface area contributed by atoms with E-state index in [-0.39, 0.29) is 74.1 Å². The molecule has 2 atom stereocenters. The molecule has 0 fully saturated rings. The van der Waals surface area contributed by atoms with Gasteiger partial charge in [-0.25, -0.2) is 4.79 Å². The Morgan fingerprint density at radius 2 is 1.49 bits per heavy atom. The van der Waals surface area contributed by atoms with Crippen LogP contribution in [0.2, 0.25) is 0 Å². The fourth-order valence-electron chi connectivity index (χ4n) is 5.99. The number of esters is 3. The summed E-state index contributed by atoms with van der Waals surface area (Å²) in [4.78, 5) is 63.2. The molecular formula is C33H30O14. The molecule has 1 aliphatic carbocycles. The highest BCUT2D eigenvalue weighted by Gasteiger charge is 2.37. The van der Waals surface area contributed by atoms with Gasteiger partial charge < -0.3 is 44.1 Å². The number of Topliss-reactive ketones (excluding diaryl/α,β-unsaturated/α-hetero) is 2. The molecule has 0 bridgehead atoms. The number of cyclic esters (lactones) is 1. The molecule has 246 valence electrons. The fourth-order valence-corrected chi connectivity index (χ4v) is 5.99. The lowest BCUT2D eigenvalue weighted by Gasteiger charge is -2.27. The van der Waals surface area contributed by atoms with Crippen LogP contribution in [0.4, 0.5) is 0 Å². The normalized spacial score (nSPS) is 16.1. The Balaban J connectivity index is 1.82. The van der Waals surface area contributed by atoms with Crippen LogP contribution in [-0.4, -0.2) is 90.5 Å². The van der Waals surface area contributed by atoms with Gasteiger partial charge in [-0.05, 0) is 17.7 Å². The predicted molar refractivity (Wildman–Crippen MR) is 162 cm³/mol. The number of ketones is 2. The van der Waals surface area contributed by atoms with Gasteiger partial charge in [-0.1, -0.05) is 0 Å². The molecule has 2 aliphatic rings. The molecular weight excluding hydrogens is 620 g/mol. The van der Waals surface area contributed by atoms with Crippen LogP contribution >= 0.6 is 0 Å². The van der Waals surface area contributed by atoms with Crippen LogP contribution in [0.5, 0.6) is 28.7 Å². The summed E-state index contributed by atoms with van der Waals surface area (Å²) in [5.41, 5.74) is -0.333.